The zero-order chi connectivity index (χ0) is 18.9. The van der Waals surface area contributed by atoms with E-state index in [1.54, 1.807) is 23.5 Å². The van der Waals surface area contributed by atoms with Crippen LogP contribution >= 0.6 is 11.3 Å². The lowest BCUT2D eigenvalue weighted by atomic mass is 10.0. The molecular formula is C24H16FNOS. The first-order chi connectivity index (χ1) is 13.8. The molecule has 1 heterocycles. The number of thiazole rings is 1. The van der Waals surface area contributed by atoms with Crippen LogP contribution in [0, 0.1) is 5.82 Å². The van der Waals surface area contributed by atoms with Crippen LogP contribution in [0.2, 0.25) is 0 Å². The van der Waals surface area contributed by atoms with Gasteiger partial charge in [-0.1, -0.05) is 60.7 Å². The number of halogens is 1. The fourth-order valence-corrected chi connectivity index (χ4v) is 4.37. The van der Waals surface area contributed by atoms with Gasteiger partial charge in [0.2, 0.25) is 0 Å². The molecule has 4 heteroatoms. The number of para-hydroxylation sites is 1. The Kier molecular flexibility index (Phi) is 4.26. The van der Waals surface area contributed by atoms with Gasteiger partial charge in [-0.25, -0.2) is 9.37 Å². The lowest BCUT2D eigenvalue weighted by Gasteiger charge is -2.13. The molecule has 0 N–H and O–H groups in total. The number of hydrogen-bond acceptors (Lipinski definition) is 3. The highest BCUT2D eigenvalue weighted by molar-refractivity contribution is 7.21. The van der Waals surface area contributed by atoms with Crippen molar-refractivity contribution >= 4 is 32.3 Å². The minimum Gasteiger partial charge on any atom is -0.488 e. The Hall–Kier alpha value is -3.24. The SMILES string of the molecule is Fc1ccccc1COc1ccc2ccccc2c1-c1nc2ccccc2s1. The molecule has 0 saturated heterocycles. The van der Waals surface area contributed by atoms with E-state index in [1.807, 2.05) is 48.5 Å². The Bertz CT molecular complexity index is 1260. The molecule has 5 rings (SSSR count). The van der Waals surface area contributed by atoms with Gasteiger partial charge in [0.05, 0.1) is 15.8 Å². The molecular weight excluding hydrogens is 369 g/mol. The van der Waals surface area contributed by atoms with Crippen LogP contribution < -0.4 is 4.74 Å². The van der Waals surface area contributed by atoms with Gasteiger partial charge in [-0.3, -0.25) is 0 Å². The van der Waals surface area contributed by atoms with Crippen LogP contribution in [0.25, 0.3) is 31.6 Å². The van der Waals surface area contributed by atoms with Crippen LogP contribution in [0.3, 0.4) is 0 Å². The summed E-state index contributed by atoms with van der Waals surface area (Å²) < 4.78 is 21.2. The summed E-state index contributed by atoms with van der Waals surface area (Å²) in [6, 6.07) is 27.0. The lowest BCUT2D eigenvalue weighted by Crippen LogP contribution is -1.99. The molecule has 136 valence electrons. The highest BCUT2D eigenvalue weighted by Gasteiger charge is 2.16. The minimum atomic E-state index is -0.259. The smallest absolute Gasteiger partial charge is 0.130 e. The predicted octanol–water partition coefficient (Wildman–Crippen LogP) is 6.83. The first-order valence-corrected chi connectivity index (χ1v) is 9.85. The molecule has 0 unspecified atom stereocenters. The van der Waals surface area contributed by atoms with Gasteiger partial charge in [0.25, 0.3) is 0 Å². The van der Waals surface area contributed by atoms with Crippen molar-refractivity contribution in [2.45, 2.75) is 6.61 Å². The number of aromatic nitrogens is 1. The summed E-state index contributed by atoms with van der Waals surface area (Å²) in [6.45, 7) is 0.170. The lowest BCUT2D eigenvalue weighted by molar-refractivity contribution is 0.301. The van der Waals surface area contributed by atoms with Gasteiger partial charge in [0.15, 0.2) is 0 Å². The molecule has 2 nitrogen and oxygen atoms in total. The number of hydrogen-bond donors (Lipinski definition) is 0. The van der Waals surface area contributed by atoms with Gasteiger partial charge in [-0.2, -0.15) is 0 Å². The first-order valence-electron chi connectivity index (χ1n) is 9.03. The molecule has 0 aliphatic carbocycles. The van der Waals surface area contributed by atoms with Crippen LogP contribution in [-0.2, 0) is 6.61 Å². The Balaban J connectivity index is 1.64. The molecule has 0 atom stereocenters. The number of rotatable bonds is 4. The summed E-state index contributed by atoms with van der Waals surface area (Å²) in [4.78, 5) is 4.83. The molecule has 0 radical (unpaired) electrons. The van der Waals surface area contributed by atoms with Crippen molar-refractivity contribution in [2.24, 2.45) is 0 Å². The Morgan fingerprint density at radius 3 is 2.50 bits per heavy atom. The molecule has 0 bridgehead atoms. The van der Waals surface area contributed by atoms with Crippen molar-refractivity contribution in [1.29, 1.82) is 0 Å². The van der Waals surface area contributed by atoms with Crippen molar-refractivity contribution < 1.29 is 9.13 Å². The standard InChI is InChI=1S/C24H16FNOS/c25-19-10-4-2-8-17(19)15-27-21-14-13-16-7-1-3-9-18(16)23(21)24-26-20-11-5-6-12-22(20)28-24/h1-14H,15H2. The van der Waals surface area contributed by atoms with Crippen LogP contribution in [0.5, 0.6) is 5.75 Å². The second-order valence-corrected chi connectivity index (χ2v) is 7.56. The fraction of sp³-hybridized carbons (Fsp3) is 0.0417. The van der Waals surface area contributed by atoms with Gasteiger partial charge >= 0.3 is 0 Å². The van der Waals surface area contributed by atoms with E-state index in [9.17, 15) is 4.39 Å². The number of fused-ring (bicyclic) bond motifs is 2. The molecule has 0 aliphatic rings. The third-order valence-corrected chi connectivity index (χ3v) is 5.79. The van der Waals surface area contributed by atoms with Gasteiger partial charge < -0.3 is 4.74 Å². The number of ether oxygens (including phenoxy) is 1. The number of nitrogens with zero attached hydrogens (tertiary/aromatic N) is 1. The van der Waals surface area contributed by atoms with E-state index < -0.39 is 0 Å². The van der Waals surface area contributed by atoms with E-state index >= 15 is 0 Å². The molecule has 0 amide bonds. The normalized spacial score (nSPS) is 11.2. The Morgan fingerprint density at radius 2 is 1.61 bits per heavy atom. The predicted molar refractivity (Wildman–Crippen MR) is 113 cm³/mol. The van der Waals surface area contributed by atoms with Gasteiger partial charge in [0.1, 0.15) is 23.2 Å². The summed E-state index contributed by atoms with van der Waals surface area (Å²) in [5, 5.41) is 3.10. The summed E-state index contributed by atoms with van der Waals surface area (Å²) >= 11 is 1.64. The van der Waals surface area contributed by atoms with E-state index in [-0.39, 0.29) is 12.4 Å². The monoisotopic (exact) mass is 385 g/mol. The molecule has 0 saturated carbocycles. The van der Waals surface area contributed by atoms with Crippen molar-refractivity contribution in [1.82, 2.24) is 4.98 Å². The maximum atomic E-state index is 14.0. The van der Waals surface area contributed by atoms with Gasteiger partial charge in [-0.15, -0.1) is 11.3 Å². The summed E-state index contributed by atoms with van der Waals surface area (Å²) in [5.74, 6) is 0.450. The maximum absolute atomic E-state index is 14.0. The molecule has 5 aromatic rings. The Labute approximate surface area is 165 Å². The van der Waals surface area contributed by atoms with E-state index in [1.165, 1.54) is 6.07 Å². The second kappa shape index (κ2) is 7.06. The summed E-state index contributed by atoms with van der Waals surface area (Å²) in [6.07, 6.45) is 0. The first kappa shape index (κ1) is 16.9. The highest BCUT2D eigenvalue weighted by Crippen LogP contribution is 2.41. The maximum Gasteiger partial charge on any atom is 0.130 e. The van der Waals surface area contributed by atoms with E-state index in [4.69, 9.17) is 9.72 Å². The zero-order valence-electron chi connectivity index (χ0n) is 14.9. The average Bonchev–Trinajstić information content (AvgIpc) is 3.16. The third-order valence-electron chi connectivity index (χ3n) is 4.74. The van der Waals surface area contributed by atoms with E-state index in [2.05, 4.69) is 18.2 Å². The summed E-state index contributed by atoms with van der Waals surface area (Å²) in [7, 11) is 0. The van der Waals surface area contributed by atoms with E-state index in [0.29, 0.717) is 11.3 Å². The summed E-state index contributed by atoms with van der Waals surface area (Å²) in [5.41, 5.74) is 2.46. The van der Waals surface area contributed by atoms with Crippen LogP contribution in [0.4, 0.5) is 4.39 Å². The molecule has 0 aliphatic heterocycles. The van der Waals surface area contributed by atoms with Crippen LogP contribution in [0.1, 0.15) is 5.56 Å². The molecule has 0 fully saturated rings. The minimum absolute atomic E-state index is 0.170. The topological polar surface area (TPSA) is 22.1 Å². The van der Waals surface area contributed by atoms with Crippen molar-refractivity contribution in [3.05, 3.63) is 96.3 Å². The zero-order valence-corrected chi connectivity index (χ0v) is 15.7. The fourth-order valence-electron chi connectivity index (χ4n) is 3.34. The largest absolute Gasteiger partial charge is 0.488 e. The Morgan fingerprint density at radius 1 is 0.821 bits per heavy atom. The molecule has 4 aromatic carbocycles. The molecule has 28 heavy (non-hydrogen) atoms. The van der Waals surface area contributed by atoms with Crippen molar-refractivity contribution in [3.63, 3.8) is 0 Å². The van der Waals surface area contributed by atoms with Crippen LogP contribution in [0.15, 0.2) is 84.9 Å². The average molecular weight is 385 g/mol. The van der Waals surface area contributed by atoms with Crippen molar-refractivity contribution in [3.8, 4) is 16.3 Å². The number of benzene rings is 4. The highest BCUT2D eigenvalue weighted by atomic mass is 32.1. The second-order valence-electron chi connectivity index (χ2n) is 6.53. The van der Waals surface area contributed by atoms with Crippen molar-refractivity contribution in [2.75, 3.05) is 0 Å². The molecule has 1 aromatic heterocycles. The third kappa shape index (κ3) is 3.02. The molecule has 0 spiro atoms. The quantitative estimate of drug-likeness (QED) is 0.338. The van der Waals surface area contributed by atoms with Gasteiger partial charge in [0, 0.05) is 5.56 Å². The van der Waals surface area contributed by atoms with Gasteiger partial charge in [-0.05, 0) is 35.0 Å². The van der Waals surface area contributed by atoms with E-state index in [0.717, 1.165) is 31.6 Å². The van der Waals surface area contributed by atoms with Crippen LogP contribution in [-0.4, -0.2) is 4.98 Å².